The van der Waals surface area contributed by atoms with Gasteiger partial charge in [-0.05, 0) is 43.4 Å². The molecule has 0 amide bonds. The number of ether oxygens (including phenoxy) is 2. The molecule has 3 atom stereocenters. The van der Waals surface area contributed by atoms with Crippen LogP contribution in [0.3, 0.4) is 0 Å². The maximum Gasteiger partial charge on any atom is 0.124 e. The number of nitrogens with one attached hydrogen (secondary N) is 1. The highest BCUT2D eigenvalue weighted by Gasteiger charge is 2.27. The van der Waals surface area contributed by atoms with E-state index in [2.05, 4.69) is 18.3 Å². The van der Waals surface area contributed by atoms with E-state index in [1.807, 2.05) is 12.1 Å². The fraction of sp³-hybridized carbons (Fsp3) is 0.625. The van der Waals surface area contributed by atoms with E-state index in [1.165, 1.54) is 24.8 Å². The van der Waals surface area contributed by atoms with Crippen molar-refractivity contribution in [3.63, 3.8) is 0 Å². The SMILES string of the molecule is COc1ccc2c(c1)C(NC1CCC(C)C1)CCO2. The van der Waals surface area contributed by atoms with Gasteiger partial charge < -0.3 is 14.8 Å². The largest absolute Gasteiger partial charge is 0.497 e. The van der Waals surface area contributed by atoms with Crippen molar-refractivity contribution in [1.82, 2.24) is 5.32 Å². The number of fused-ring (bicyclic) bond motifs is 1. The molecule has 19 heavy (non-hydrogen) atoms. The summed E-state index contributed by atoms with van der Waals surface area (Å²) in [6.45, 7) is 3.15. The van der Waals surface area contributed by atoms with Gasteiger partial charge >= 0.3 is 0 Å². The average molecular weight is 261 g/mol. The van der Waals surface area contributed by atoms with Gasteiger partial charge in [-0.15, -0.1) is 0 Å². The highest BCUT2D eigenvalue weighted by molar-refractivity contribution is 5.43. The van der Waals surface area contributed by atoms with E-state index in [0.29, 0.717) is 12.1 Å². The minimum Gasteiger partial charge on any atom is -0.497 e. The number of rotatable bonds is 3. The minimum atomic E-state index is 0.411. The van der Waals surface area contributed by atoms with Gasteiger partial charge in [0.2, 0.25) is 0 Å². The topological polar surface area (TPSA) is 30.5 Å². The molecular formula is C16H23NO2. The molecule has 1 saturated carbocycles. The van der Waals surface area contributed by atoms with E-state index in [-0.39, 0.29) is 0 Å². The summed E-state index contributed by atoms with van der Waals surface area (Å²) in [6, 6.07) is 7.19. The van der Waals surface area contributed by atoms with Gasteiger partial charge in [0.25, 0.3) is 0 Å². The fourth-order valence-electron chi connectivity index (χ4n) is 3.32. The molecular weight excluding hydrogens is 238 g/mol. The number of hydrogen-bond acceptors (Lipinski definition) is 3. The third-order valence-electron chi connectivity index (χ3n) is 4.39. The molecule has 1 aliphatic heterocycles. The highest BCUT2D eigenvalue weighted by atomic mass is 16.5. The summed E-state index contributed by atoms with van der Waals surface area (Å²) in [7, 11) is 1.71. The summed E-state index contributed by atoms with van der Waals surface area (Å²) in [4.78, 5) is 0. The lowest BCUT2D eigenvalue weighted by atomic mass is 9.99. The van der Waals surface area contributed by atoms with Crippen molar-refractivity contribution in [3.05, 3.63) is 23.8 Å². The van der Waals surface area contributed by atoms with E-state index in [9.17, 15) is 0 Å². The fourth-order valence-corrected chi connectivity index (χ4v) is 3.32. The van der Waals surface area contributed by atoms with Gasteiger partial charge in [0.15, 0.2) is 0 Å². The van der Waals surface area contributed by atoms with Crippen LogP contribution in [0.2, 0.25) is 0 Å². The highest BCUT2D eigenvalue weighted by Crippen LogP contribution is 2.36. The van der Waals surface area contributed by atoms with E-state index < -0.39 is 0 Å². The lowest BCUT2D eigenvalue weighted by Gasteiger charge is -2.29. The van der Waals surface area contributed by atoms with Crippen LogP contribution in [-0.2, 0) is 0 Å². The molecule has 1 aromatic rings. The van der Waals surface area contributed by atoms with Crippen LogP contribution in [0.1, 0.15) is 44.2 Å². The molecule has 0 saturated heterocycles. The Kier molecular flexibility index (Phi) is 3.65. The van der Waals surface area contributed by atoms with Crippen molar-refractivity contribution in [3.8, 4) is 11.5 Å². The molecule has 104 valence electrons. The summed E-state index contributed by atoms with van der Waals surface area (Å²) in [5, 5.41) is 3.82. The number of methoxy groups -OCH3 is 1. The maximum absolute atomic E-state index is 5.74. The van der Waals surface area contributed by atoms with Gasteiger partial charge in [0, 0.05) is 24.1 Å². The van der Waals surface area contributed by atoms with Gasteiger partial charge in [-0.2, -0.15) is 0 Å². The van der Waals surface area contributed by atoms with Gasteiger partial charge in [-0.25, -0.2) is 0 Å². The molecule has 3 nitrogen and oxygen atoms in total. The third-order valence-corrected chi connectivity index (χ3v) is 4.39. The maximum atomic E-state index is 5.74. The van der Waals surface area contributed by atoms with E-state index in [1.54, 1.807) is 7.11 Å². The first-order valence-corrected chi connectivity index (χ1v) is 7.33. The average Bonchev–Trinajstić information content (AvgIpc) is 2.84. The first-order valence-electron chi connectivity index (χ1n) is 7.33. The van der Waals surface area contributed by atoms with Crippen LogP contribution in [0.15, 0.2) is 18.2 Å². The van der Waals surface area contributed by atoms with Crippen LogP contribution in [0.25, 0.3) is 0 Å². The van der Waals surface area contributed by atoms with E-state index in [0.717, 1.165) is 30.4 Å². The predicted octanol–water partition coefficient (Wildman–Crippen LogP) is 3.30. The van der Waals surface area contributed by atoms with Crippen molar-refractivity contribution < 1.29 is 9.47 Å². The summed E-state index contributed by atoms with van der Waals surface area (Å²) in [5.74, 6) is 2.79. The molecule has 0 bridgehead atoms. The second-order valence-corrected chi connectivity index (χ2v) is 5.88. The lowest BCUT2D eigenvalue weighted by Crippen LogP contribution is -2.34. The van der Waals surface area contributed by atoms with Crippen LogP contribution < -0.4 is 14.8 Å². The van der Waals surface area contributed by atoms with E-state index >= 15 is 0 Å². The molecule has 2 aliphatic rings. The Morgan fingerprint density at radius 1 is 1.26 bits per heavy atom. The lowest BCUT2D eigenvalue weighted by molar-refractivity contribution is 0.242. The molecule has 1 fully saturated rings. The second kappa shape index (κ2) is 5.41. The number of hydrogen-bond donors (Lipinski definition) is 1. The Balaban J connectivity index is 1.77. The van der Waals surface area contributed by atoms with Gasteiger partial charge in [0.1, 0.15) is 11.5 Å². The predicted molar refractivity (Wildman–Crippen MR) is 75.8 cm³/mol. The number of benzene rings is 1. The Bertz CT molecular complexity index is 446. The first kappa shape index (κ1) is 12.8. The van der Waals surface area contributed by atoms with Crippen LogP contribution in [0.4, 0.5) is 0 Å². The van der Waals surface area contributed by atoms with Crippen molar-refractivity contribution >= 4 is 0 Å². The van der Waals surface area contributed by atoms with Gasteiger partial charge in [-0.1, -0.05) is 6.92 Å². The van der Waals surface area contributed by atoms with Crippen LogP contribution in [0.5, 0.6) is 11.5 Å². The standard InChI is InChI=1S/C16H23NO2/c1-11-3-4-12(9-11)17-15-7-8-19-16-6-5-13(18-2)10-14(15)16/h5-6,10-12,15,17H,3-4,7-9H2,1-2H3. The molecule has 0 spiro atoms. The van der Waals surface area contributed by atoms with Crippen molar-refractivity contribution in [1.29, 1.82) is 0 Å². The molecule has 1 aromatic carbocycles. The van der Waals surface area contributed by atoms with Crippen molar-refractivity contribution in [2.45, 2.75) is 44.7 Å². The van der Waals surface area contributed by atoms with Crippen molar-refractivity contribution in [2.75, 3.05) is 13.7 Å². The molecule has 1 heterocycles. The zero-order valence-electron chi connectivity index (χ0n) is 11.8. The Hall–Kier alpha value is -1.22. The quantitative estimate of drug-likeness (QED) is 0.905. The van der Waals surface area contributed by atoms with Gasteiger partial charge in [-0.3, -0.25) is 0 Å². The zero-order valence-corrected chi connectivity index (χ0v) is 11.8. The summed E-state index contributed by atoms with van der Waals surface area (Å²) in [5.41, 5.74) is 1.25. The third kappa shape index (κ3) is 2.71. The molecule has 3 rings (SSSR count). The Morgan fingerprint density at radius 3 is 2.89 bits per heavy atom. The van der Waals surface area contributed by atoms with E-state index in [4.69, 9.17) is 9.47 Å². The van der Waals surface area contributed by atoms with Crippen LogP contribution >= 0.6 is 0 Å². The smallest absolute Gasteiger partial charge is 0.124 e. The minimum absolute atomic E-state index is 0.411. The molecule has 0 radical (unpaired) electrons. The normalized spacial score (nSPS) is 29.7. The summed E-state index contributed by atoms with van der Waals surface area (Å²) >= 11 is 0. The molecule has 3 unspecified atom stereocenters. The Morgan fingerprint density at radius 2 is 2.16 bits per heavy atom. The van der Waals surface area contributed by atoms with Crippen LogP contribution in [0, 0.1) is 5.92 Å². The van der Waals surface area contributed by atoms with Gasteiger partial charge in [0.05, 0.1) is 13.7 Å². The molecule has 1 N–H and O–H groups in total. The summed E-state index contributed by atoms with van der Waals surface area (Å²) in [6.07, 6.45) is 5.01. The monoisotopic (exact) mass is 261 g/mol. The Labute approximate surface area is 115 Å². The van der Waals surface area contributed by atoms with Crippen molar-refractivity contribution in [2.24, 2.45) is 5.92 Å². The summed E-state index contributed by atoms with van der Waals surface area (Å²) < 4.78 is 11.1. The molecule has 0 aromatic heterocycles. The van der Waals surface area contributed by atoms with Crippen LogP contribution in [-0.4, -0.2) is 19.8 Å². The zero-order chi connectivity index (χ0) is 13.2. The second-order valence-electron chi connectivity index (χ2n) is 5.88. The first-order chi connectivity index (χ1) is 9.26. The molecule has 1 aliphatic carbocycles. The molecule has 3 heteroatoms.